The van der Waals surface area contributed by atoms with Gasteiger partial charge in [-0.1, -0.05) is 6.07 Å². The van der Waals surface area contributed by atoms with Gasteiger partial charge in [-0.2, -0.15) is 5.10 Å². The molecule has 0 aliphatic heterocycles. The van der Waals surface area contributed by atoms with Crippen LogP contribution >= 0.6 is 0 Å². The molecule has 0 saturated heterocycles. The zero-order valence-corrected chi connectivity index (χ0v) is 8.11. The first-order valence-corrected chi connectivity index (χ1v) is 4.50. The Hall–Kier alpha value is -2.11. The number of nitrogens with zero attached hydrogens (tertiary/aromatic N) is 1. The molecule has 4 N–H and O–H groups in total. The molecule has 0 radical (unpaired) electrons. The van der Waals surface area contributed by atoms with Crippen LogP contribution in [0, 0.1) is 0 Å². The van der Waals surface area contributed by atoms with Crippen molar-refractivity contribution < 1.29 is 13.9 Å². The molecule has 2 rings (SSSR count). The smallest absolute Gasteiger partial charge is 0.263 e. The Bertz CT molecular complexity index is 511. The van der Waals surface area contributed by atoms with Gasteiger partial charge in [-0.3, -0.25) is 5.10 Å². The van der Waals surface area contributed by atoms with Crippen LogP contribution in [0.25, 0.3) is 11.3 Å². The van der Waals surface area contributed by atoms with Crippen molar-refractivity contribution in [2.75, 3.05) is 5.73 Å². The lowest BCUT2D eigenvalue weighted by molar-refractivity contribution is 0.151. The molecule has 0 atom stereocenters. The highest BCUT2D eigenvalue weighted by molar-refractivity contribution is 5.69. The molecule has 0 spiro atoms. The molecule has 0 aliphatic rings. The molecule has 0 unspecified atom stereocenters. The Labute approximate surface area is 89.7 Å². The summed E-state index contributed by atoms with van der Waals surface area (Å²) in [5.41, 5.74) is 6.04. The molecular formula is C10H9F2N3O. The predicted molar refractivity (Wildman–Crippen MR) is 55.1 cm³/mol. The van der Waals surface area contributed by atoms with Crippen molar-refractivity contribution in [2.45, 2.75) is 6.43 Å². The monoisotopic (exact) mass is 225 g/mol. The molecule has 2 aromatic rings. The fraction of sp³-hybridized carbons (Fsp3) is 0.100. The molecule has 0 fully saturated rings. The number of nitrogens with two attached hydrogens (primary N) is 1. The highest BCUT2D eigenvalue weighted by Crippen LogP contribution is 2.32. The van der Waals surface area contributed by atoms with Crippen LogP contribution in [0.5, 0.6) is 5.75 Å². The van der Waals surface area contributed by atoms with E-state index in [1.54, 1.807) is 0 Å². The number of nitrogens with one attached hydrogen (secondary N) is 1. The topological polar surface area (TPSA) is 74.9 Å². The standard InChI is InChI=1S/C10H9F2N3O/c11-10(12)5-1-2-6(8(16)3-5)7-4-9(13)15-14-7/h1-4,10,16H,(H3,13,14,15). The van der Waals surface area contributed by atoms with E-state index >= 15 is 0 Å². The van der Waals surface area contributed by atoms with E-state index in [-0.39, 0.29) is 17.1 Å². The maximum Gasteiger partial charge on any atom is 0.263 e. The van der Waals surface area contributed by atoms with E-state index in [0.717, 1.165) is 6.07 Å². The summed E-state index contributed by atoms with van der Waals surface area (Å²) >= 11 is 0. The third-order valence-corrected chi connectivity index (χ3v) is 2.16. The summed E-state index contributed by atoms with van der Waals surface area (Å²) in [6.07, 6.45) is -2.60. The number of H-pyrrole nitrogens is 1. The molecule has 0 aliphatic carbocycles. The lowest BCUT2D eigenvalue weighted by atomic mass is 10.1. The van der Waals surface area contributed by atoms with Crippen LogP contribution in [0.15, 0.2) is 24.3 Å². The number of alkyl halides is 2. The average molecular weight is 225 g/mol. The number of aromatic hydroxyl groups is 1. The van der Waals surface area contributed by atoms with E-state index in [9.17, 15) is 13.9 Å². The van der Waals surface area contributed by atoms with Gasteiger partial charge < -0.3 is 10.8 Å². The van der Waals surface area contributed by atoms with Gasteiger partial charge in [0.25, 0.3) is 6.43 Å². The molecule has 0 saturated carbocycles. The summed E-state index contributed by atoms with van der Waals surface area (Å²) in [5.74, 6) is 0.0359. The summed E-state index contributed by atoms with van der Waals surface area (Å²) in [4.78, 5) is 0. The second-order valence-corrected chi connectivity index (χ2v) is 3.28. The van der Waals surface area contributed by atoms with Gasteiger partial charge in [-0.25, -0.2) is 8.78 Å². The van der Waals surface area contributed by atoms with Crippen molar-refractivity contribution in [3.8, 4) is 17.0 Å². The number of halogens is 2. The van der Waals surface area contributed by atoms with Crippen molar-refractivity contribution in [2.24, 2.45) is 0 Å². The van der Waals surface area contributed by atoms with Gasteiger partial charge in [-0.05, 0) is 12.1 Å². The van der Waals surface area contributed by atoms with Crippen molar-refractivity contribution in [3.05, 3.63) is 29.8 Å². The summed E-state index contributed by atoms with van der Waals surface area (Å²) in [6.45, 7) is 0. The first kappa shape index (κ1) is 10.4. The molecule has 6 heteroatoms. The van der Waals surface area contributed by atoms with Gasteiger partial charge in [0.15, 0.2) is 0 Å². The molecule has 1 heterocycles. The summed E-state index contributed by atoms with van der Waals surface area (Å²) in [5, 5.41) is 15.9. The summed E-state index contributed by atoms with van der Waals surface area (Å²) < 4.78 is 24.7. The van der Waals surface area contributed by atoms with E-state index < -0.39 is 6.43 Å². The molecule has 84 valence electrons. The Morgan fingerprint density at radius 3 is 2.56 bits per heavy atom. The molecule has 1 aromatic carbocycles. The number of phenols is 1. The van der Waals surface area contributed by atoms with Crippen molar-refractivity contribution in [1.29, 1.82) is 0 Å². The molecule has 0 bridgehead atoms. The number of nitrogen functional groups attached to an aromatic ring is 1. The number of benzene rings is 1. The van der Waals surface area contributed by atoms with Crippen LogP contribution in [-0.4, -0.2) is 15.3 Å². The SMILES string of the molecule is Nc1cc(-c2ccc(C(F)F)cc2O)[nH]n1. The summed E-state index contributed by atoms with van der Waals surface area (Å²) in [6, 6.07) is 5.18. The number of rotatable bonds is 2. The number of anilines is 1. The number of aromatic amines is 1. The van der Waals surface area contributed by atoms with E-state index in [2.05, 4.69) is 10.2 Å². The Kier molecular flexibility index (Phi) is 2.47. The van der Waals surface area contributed by atoms with Crippen LogP contribution < -0.4 is 5.73 Å². The molecular weight excluding hydrogens is 216 g/mol. The van der Waals surface area contributed by atoms with E-state index in [4.69, 9.17) is 5.73 Å². The number of aromatic nitrogens is 2. The first-order chi connectivity index (χ1) is 7.58. The number of hydrogen-bond acceptors (Lipinski definition) is 3. The molecule has 0 amide bonds. The highest BCUT2D eigenvalue weighted by Gasteiger charge is 2.12. The average Bonchev–Trinajstić information content (AvgIpc) is 2.64. The van der Waals surface area contributed by atoms with Crippen molar-refractivity contribution >= 4 is 5.82 Å². The van der Waals surface area contributed by atoms with Gasteiger partial charge in [0.2, 0.25) is 0 Å². The van der Waals surface area contributed by atoms with E-state index in [1.807, 2.05) is 0 Å². The van der Waals surface area contributed by atoms with Gasteiger partial charge in [0.05, 0.1) is 5.69 Å². The Morgan fingerprint density at radius 2 is 2.06 bits per heavy atom. The van der Waals surface area contributed by atoms with E-state index in [0.29, 0.717) is 11.3 Å². The molecule has 16 heavy (non-hydrogen) atoms. The van der Waals surface area contributed by atoms with E-state index in [1.165, 1.54) is 18.2 Å². The van der Waals surface area contributed by atoms with Crippen LogP contribution in [-0.2, 0) is 0 Å². The minimum atomic E-state index is -2.60. The number of hydrogen-bond donors (Lipinski definition) is 3. The lowest BCUT2D eigenvalue weighted by Gasteiger charge is -2.04. The normalized spacial score (nSPS) is 10.9. The second-order valence-electron chi connectivity index (χ2n) is 3.28. The fourth-order valence-corrected chi connectivity index (χ4v) is 1.39. The van der Waals surface area contributed by atoms with Crippen molar-refractivity contribution in [1.82, 2.24) is 10.2 Å². The van der Waals surface area contributed by atoms with Gasteiger partial charge in [0.1, 0.15) is 11.6 Å². The zero-order valence-electron chi connectivity index (χ0n) is 8.11. The maximum atomic E-state index is 12.3. The van der Waals surface area contributed by atoms with Gasteiger partial charge in [-0.15, -0.1) is 0 Å². The Morgan fingerprint density at radius 1 is 1.31 bits per heavy atom. The zero-order chi connectivity index (χ0) is 11.7. The van der Waals surface area contributed by atoms with Gasteiger partial charge >= 0.3 is 0 Å². The third-order valence-electron chi connectivity index (χ3n) is 2.16. The summed E-state index contributed by atoms with van der Waals surface area (Å²) in [7, 11) is 0. The van der Waals surface area contributed by atoms with Crippen LogP contribution in [0.4, 0.5) is 14.6 Å². The lowest BCUT2D eigenvalue weighted by Crippen LogP contribution is -1.86. The first-order valence-electron chi connectivity index (χ1n) is 4.50. The predicted octanol–water partition coefficient (Wildman–Crippen LogP) is 2.30. The van der Waals surface area contributed by atoms with Crippen LogP contribution in [0.3, 0.4) is 0 Å². The number of phenolic OH excluding ortho intramolecular Hbond substituents is 1. The minimum absolute atomic E-state index is 0.228. The largest absolute Gasteiger partial charge is 0.507 e. The van der Waals surface area contributed by atoms with Crippen LogP contribution in [0.1, 0.15) is 12.0 Å². The highest BCUT2D eigenvalue weighted by atomic mass is 19.3. The maximum absolute atomic E-state index is 12.3. The third kappa shape index (κ3) is 1.81. The molecule has 1 aromatic heterocycles. The second kappa shape index (κ2) is 3.80. The quantitative estimate of drug-likeness (QED) is 0.734. The van der Waals surface area contributed by atoms with Crippen molar-refractivity contribution in [3.63, 3.8) is 0 Å². The fourth-order valence-electron chi connectivity index (χ4n) is 1.39. The van der Waals surface area contributed by atoms with Crippen LogP contribution in [0.2, 0.25) is 0 Å². The molecule has 4 nitrogen and oxygen atoms in total. The minimum Gasteiger partial charge on any atom is -0.507 e. The van der Waals surface area contributed by atoms with Gasteiger partial charge in [0, 0.05) is 17.2 Å². The Balaban J connectivity index is 2.44.